The van der Waals surface area contributed by atoms with Gasteiger partial charge >= 0.3 is 5.97 Å². The van der Waals surface area contributed by atoms with Gasteiger partial charge in [0.1, 0.15) is 5.54 Å². The number of ether oxygens (including phenoxy) is 1. The first-order valence-corrected chi connectivity index (χ1v) is 6.07. The van der Waals surface area contributed by atoms with Crippen molar-refractivity contribution in [1.29, 1.82) is 0 Å². The third kappa shape index (κ3) is 2.02. The minimum Gasteiger partial charge on any atom is -0.467 e. The summed E-state index contributed by atoms with van der Waals surface area (Å²) in [6.07, 6.45) is 2.46. The fourth-order valence-electron chi connectivity index (χ4n) is 2.48. The molecular weight excluding hydrogens is 214 g/mol. The van der Waals surface area contributed by atoms with E-state index in [1.165, 1.54) is 18.2 Å². The molecule has 0 spiro atoms. The van der Waals surface area contributed by atoms with Gasteiger partial charge in [-0.1, -0.05) is 24.6 Å². The van der Waals surface area contributed by atoms with Crippen molar-refractivity contribution < 1.29 is 9.53 Å². The average molecular weight is 233 g/mol. The Morgan fingerprint density at radius 1 is 1.53 bits per heavy atom. The molecule has 1 heterocycles. The maximum atomic E-state index is 11.9. The van der Waals surface area contributed by atoms with Crippen molar-refractivity contribution >= 4 is 11.7 Å². The van der Waals surface area contributed by atoms with Crippen LogP contribution < -0.4 is 5.32 Å². The van der Waals surface area contributed by atoms with Crippen LogP contribution in [-0.4, -0.2) is 18.6 Å². The number of hydrogen-bond donors (Lipinski definition) is 1. The molecule has 0 bridgehead atoms. The van der Waals surface area contributed by atoms with Crippen molar-refractivity contribution in [3.05, 3.63) is 29.3 Å². The van der Waals surface area contributed by atoms with Crippen LogP contribution >= 0.6 is 0 Å². The number of anilines is 1. The number of fused-ring (bicyclic) bond motifs is 1. The molecule has 0 amide bonds. The topological polar surface area (TPSA) is 38.3 Å². The number of carbonyl (C=O) groups excluding carboxylic acids is 1. The lowest BCUT2D eigenvalue weighted by Gasteiger charge is -2.36. The van der Waals surface area contributed by atoms with Gasteiger partial charge in [-0.25, -0.2) is 4.79 Å². The van der Waals surface area contributed by atoms with Crippen LogP contribution in [0.15, 0.2) is 18.2 Å². The Bertz CT molecular complexity index is 442. The van der Waals surface area contributed by atoms with Crippen LogP contribution in [0.3, 0.4) is 0 Å². The largest absolute Gasteiger partial charge is 0.467 e. The van der Waals surface area contributed by atoms with E-state index < -0.39 is 5.54 Å². The van der Waals surface area contributed by atoms with E-state index in [1.807, 2.05) is 6.92 Å². The normalized spacial score (nSPS) is 22.5. The van der Waals surface area contributed by atoms with E-state index in [4.69, 9.17) is 4.74 Å². The van der Waals surface area contributed by atoms with Gasteiger partial charge in [0.15, 0.2) is 0 Å². The molecule has 3 nitrogen and oxygen atoms in total. The minimum absolute atomic E-state index is 0.161. The summed E-state index contributed by atoms with van der Waals surface area (Å²) in [6, 6.07) is 6.30. The molecule has 1 atom stereocenters. The van der Waals surface area contributed by atoms with E-state index in [9.17, 15) is 4.79 Å². The van der Waals surface area contributed by atoms with Crippen LogP contribution in [-0.2, 0) is 16.0 Å². The Kier molecular flexibility index (Phi) is 3.09. The van der Waals surface area contributed by atoms with Crippen LogP contribution in [0.5, 0.6) is 0 Å². The molecular formula is C14H19NO2. The van der Waals surface area contributed by atoms with Gasteiger partial charge in [0, 0.05) is 5.69 Å². The standard InChI is InChI=1S/C14H19NO2/c1-4-14(13(16)17-3)8-7-11-9-10(2)5-6-12(11)15-14/h5-6,9,15H,4,7-8H2,1-3H3. The maximum absolute atomic E-state index is 11.9. The molecule has 1 N–H and O–H groups in total. The van der Waals surface area contributed by atoms with E-state index in [-0.39, 0.29) is 5.97 Å². The predicted molar refractivity (Wildman–Crippen MR) is 68.2 cm³/mol. The smallest absolute Gasteiger partial charge is 0.331 e. The van der Waals surface area contributed by atoms with Crippen LogP contribution in [0, 0.1) is 6.92 Å². The van der Waals surface area contributed by atoms with Gasteiger partial charge < -0.3 is 10.1 Å². The van der Waals surface area contributed by atoms with E-state index in [2.05, 4.69) is 30.4 Å². The summed E-state index contributed by atoms with van der Waals surface area (Å²) < 4.78 is 4.92. The molecule has 2 rings (SSSR count). The molecule has 1 aliphatic heterocycles. The summed E-state index contributed by atoms with van der Waals surface area (Å²) in [5.41, 5.74) is 3.07. The minimum atomic E-state index is -0.545. The lowest BCUT2D eigenvalue weighted by Crippen LogP contribution is -2.49. The molecule has 1 aromatic carbocycles. The molecule has 1 aromatic rings. The summed E-state index contributed by atoms with van der Waals surface area (Å²) in [6.45, 7) is 4.10. The van der Waals surface area contributed by atoms with Gasteiger partial charge in [0.05, 0.1) is 7.11 Å². The first-order chi connectivity index (χ1) is 8.11. The molecule has 0 radical (unpaired) electrons. The second-order valence-corrected chi connectivity index (χ2v) is 4.71. The van der Waals surface area contributed by atoms with Crippen molar-refractivity contribution in [1.82, 2.24) is 0 Å². The van der Waals surface area contributed by atoms with E-state index in [0.29, 0.717) is 0 Å². The van der Waals surface area contributed by atoms with Gasteiger partial charge in [-0.05, 0) is 37.8 Å². The number of benzene rings is 1. The Hall–Kier alpha value is -1.51. The number of carbonyl (C=O) groups is 1. The van der Waals surface area contributed by atoms with Crippen molar-refractivity contribution in [2.45, 2.75) is 38.6 Å². The fourth-order valence-corrected chi connectivity index (χ4v) is 2.48. The number of methoxy groups -OCH3 is 1. The van der Waals surface area contributed by atoms with Crippen LogP contribution in [0.2, 0.25) is 0 Å². The van der Waals surface area contributed by atoms with E-state index in [0.717, 1.165) is 24.9 Å². The molecule has 3 heteroatoms. The molecule has 0 saturated carbocycles. The van der Waals surface area contributed by atoms with Crippen molar-refractivity contribution in [2.24, 2.45) is 0 Å². The number of nitrogens with one attached hydrogen (secondary N) is 1. The van der Waals surface area contributed by atoms with Gasteiger partial charge in [0.2, 0.25) is 0 Å². The highest BCUT2D eigenvalue weighted by atomic mass is 16.5. The van der Waals surface area contributed by atoms with Gasteiger partial charge in [-0.2, -0.15) is 0 Å². The monoisotopic (exact) mass is 233 g/mol. The first kappa shape index (κ1) is 12.0. The average Bonchev–Trinajstić information content (AvgIpc) is 2.37. The number of esters is 1. The summed E-state index contributed by atoms with van der Waals surface area (Å²) in [5, 5.41) is 3.36. The Balaban J connectivity index is 2.33. The third-order valence-electron chi connectivity index (χ3n) is 3.64. The molecule has 0 saturated heterocycles. The first-order valence-electron chi connectivity index (χ1n) is 6.07. The highest BCUT2D eigenvalue weighted by Gasteiger charge is 2.40. The lowest BCUT2D eigenvalue weighted by atomic mass is 9.83. The summed E-state index contributed by atoms with van der Waals surface area (Å²) in [4.78, 5) is 11.9. The second-order valence-electron chi connectivity index (χ2n) is 4.71. The number of rotatable bonds is 2. The molecule has 92 valence electrons. The van der Waals surface area contributed by atoms with Crippen LogP contribution in [0.25, 0.3) is 0 Å². The lowest BCUT2D eigenvalue weighted by molar-refractivity contribution is -0.146. The van der Waals surface area contributed by atoms with Crippen molar-refractivity contribution in [3.8, 4) is 0 Å². The number of aryl methyl sites for hydroxylation is 2. The Morgan fingerprint density at radius 2 is 2.29 bits per heavy atom. The van der Waals surface area contributed by atoms with E-state index in [1.54, 1.807) is 0 Å². The summed E-state index contributed by atoms with van der Waals surface area (Å²) >= 11 is 0. The summed E-state index contributed by atoms with van der Waals surface area (Å²) in [7, 11) is 1.45. The molecule has 0 aromatic heterocycles. The van der Waals surface area contributed by atoms with Gasteiger partial charge in [0.25, 0.3) is 0 Å². The van der Waals surface area contributed by atoms with Gasteiger partial charge in [-0.15, -0.1) is 0 Å². The molecule has 0 aliphatic carbocycles. The fraction of sp³-hybridized carbons (Fsp3) is 0.500. The van der Waals surface area contributed by atoms with Crippen LogP contribution in [0.4, 0.5) is 5.69 Å². The highest BCUT2D eigenvalue weighted by molar-refractivity contribution is 5.85. The van der Waals surface area contributed by atoms with E-state index >= 15 is 0 Å². The third-order valence-corrected chi connectivity index (χ3v) is 3.64. The molecule has 1 unspecified atom stereocenters. The SMILES string of the molecule is CCC1(C(=O)OC)CCc2cc(C)ccc2N1. The van der Waals surface area contributed by atoms with Crippen LogP contribution in [0.1, 0.15) is 30.9 Å². The van der Waals surface area contributed by atoms with Crippen molar-refractivity contribution in [2.75, 3.05) is 12.4 Å². The quantitative estimate of drug-likeness (QED) is 0.798. The predicted octanol–water partition coefficient (Wildman–Crippen LogP) is 2.67. The Morgan fingerprint density at radius 3 is 2.94 bits per heavy atom. The highest BCUT2D eigenvalue weighted by Crippen LogP contribution is 2.34. The maximum Gasteiger partial charge on any atom is 0.331 e. The molecule has 0 fully saturated rings. The molecule has 17 heavy (non-hydrogen) atoms. The Labute approximate surface area is 102 Å². The van der Waals surface area contributed by atoms with Gasteiger partial charge in [-0.3, -0.25) is 0 Å². The van der Waals surface area contributed by atoms with Crippen molar-refractivity contribution in [3.63, 3.8) is 0 Å². The zero-order valence-corrected chi connectivity index (χ0v) is 10.7. The zero-order chi connectivity index (χ0) is 12.5. The second kappa shape index (κ2) is 4.40. The zero-order valence-electron chi connectivity index (χ0n) is 10.7. The molecule has 1 aliphatic rings. The number of hydrogen-bond acceptors (Lipinski definition) is 3. The summed E-state index contributed by atoms with van der Waals surface area (Å²) in [5.74, 6) is -0.161.